The standard InChI is InChI=1S/C19H25F2N5.HI/c1-22-18(24-13-16-23-11-12-26(16)17(20)21)25-14-19(9-5-6-10-19)15-7-3-2-4-8-15;/h2-4,7-8,11-12,17H,5-6,9-10,13-14H2,1H3,(H2,22,24,25);1H. The Balaban J connectivity index is 0.00000261. The maximum atomic E-state index is 12.9. The number of aromatic nitrogens is 2. The van der Waals surface area contributed by atoms with E-state index in [0.717, 1.165) is 24.0 Å². The molecule has 1 aromatic carbocycles. The molecule has 0 bridgehead atoms. The minimum Gasteiger partial charge on any atom is -0.356 e. The highest BCUT2D eigenvalue weighted by atomic mass is 127. The molecule has 2 aromatic rings. The van der Waals surface area contributed by atoms with Gasteiger partial charge in [0.25, 0.3) is 0 Å². The molecule has 2 N–H and O–H groups in total. The Kier molecular flexibility index (Phi) is 8.00. The average molecular weight is 489 g/mol. The largest absolute Gasteiger partial charge is 0.356 e. The Bertz CT molecular complexity index is 727. The van der Waals surface area contributed by atoms with Crippen molar-refractivity contribution in [2.24, 2.45) is 4.99 Å². The molecule has 0 atom stereocenters. The molecule has 1 fully saturated rings. The molecule has 1 aromatic heterocycles. The Morgan fingerprint density at radius 1 is 1.22 bits per heavy atom. The van der Waals surface area contributed by atoms with E-state index in [9.17, 15) is 8.78 Å². The van der Waals surface area contributed by atoms with Crippen LogP contribution in [-0.2, 0) is 12.0 Å². The minimum absolute atomic E-state index is 0. The number of aliphatic imine (C=N–C) groups is 1. The summed E-state index contributed by atoms with van der Waals surface area (Å²) in [5, 5.41) is 6.46. The first-order valence-corrected chi connectivity index (χ1v) is 8.94. The molecular weight excluding hydrogens is 463 g/mol. The van der Waals surface area contributed by atoms with Gasteiger partial charge in [0.1, 0.15) is 5.82 Å². The first kappa shape index (κ1) is 21.6. The molecule has 0 spiro atoms. The van der Waals surface area contributed by atoms with E-state index in [1.807, 2.05) is 6.07 Å². The van der Waals surface area contributed by atoms with Crippen molar-refractivity contribution in [3.05, 3.63) is 54.1 Å². The Morgan fingerprint density at radius 2 is 1.93 bits per heavy atom. The van der Waals surface area contributed by atoms with Gasteiger partial charge in [0.15, 0.2) is 5.96 Å². The highest BCUT2D eigenvalue weighted by molar-refractivity contribution is 14.0. The number of benzene rings is 1. The van der Waals surface area contributed by atoms with Gasteiger partial charge in [-0.2, -0.15) is 8.78 Å². The van der Waals surface area contributed by atoms with Crippen molar-refractivity contribution < 1.29 is 8.78 Å². The number of imidazole rings is 1. The SMILES string of the molecule is CN=C(NCc1nccn1C(F)F)NCC1(c2ccccc2)CCCC1.I. The van der Waals surface area contributed by atoms with Gasteiger partial charge in [0, 0.05) is 31.4 Å². The number of alkyl halides is 2. The second kappa shape index (κ2) is 10.0. The molecule has 1 aliphatic carbocycles. The second-order valence-corrected chi connectivity index (χ2v) is 6.66. The lowest BCUT2D eigenvalue weighted by Crippen LogP contribution is -2.44. The second-order valence-electron chi connectivity index (χ2n) is 6.66. The van der Waals surface area contributed by atoms with Gasteiger partial charge in [-0.05, 0) is 18.4 Å². The molecule has 1 heterocycles. The number of hydrogen-bond acceptors (Lipinski definition) is 2. The zero-order chi connectivity index (χ0) is 18.4. The highest BCUT2D eigenvalue weighted by Crippen LogP contribution is 2.40. The van der Waals surface area contributed by atoms with Gasteiger partial charge < -0.3 is 10.6 Å². The summed E-state index contributed by atoms with van der Waals surface area (Å²) >= 11 is 0. The van der Waals surface area contributed by atoms with E-state index in [4.69, 9.17) is 0 Å². The third-order valence-corrected chi connectivity index (χ3v) is 5.14. The molecule has 27 heavy (non-hydrogen) atoms. The van der Waals surface area contributed by atoms with Gasteiger partial charge in [0.05, 0.1) is 6.54 Å². The summed E-state index contributed by atoms with van der Waals surface area (Å²) in [6, 6.07) is 10.6. The van der Waals surface area contributed by atoms with Crippen molar-refractivity contribution in [3.8, 4) is 0 Å². The van der Waals surface area contributed by atoms with Crippen LogP contribution in [0.1, 0.15) is 43.6 Å². The van der Waals surface area contributed by atoms with Crippen LogP contribution in [0.2, 0.25) is 0 Å². The predicted octanol–water partition coefficient (Wildman–Crippen LogP) is 4.07. The summed E-state index contributed by atoms with van der Waals surface area (Å²) in [7, 11) is 1.68. The summed E-state index contributed by atoms with van der Waals surface area (Å²) < 4.78 is 26.7. The van der Waals surface area contributed by atoms with Crippen LogP contribution < -0.4 is 10.6 Å². The van der Waals surface area contributed by atoms with Crippen LogP contribution in [0.4, 0.5) is 8.78 Å². The topological polar surface area (TPSA) is 54.2 Å². The predicted molar refractivity (Wildman–Crippen MR) is 114 cm³/mol. The van der Waals surface area contributed by atoms with E-state index in [1.54, 1.807) is 7.05 Å². The van der Waals surface area contributed by atoms with Crippen molar-refractivity contribution >= 4 is 29.9 Å². The lowest BCUT2D eigenvalue weighted by molar-refractivity contribution is 0.0668. The van der Waals surface area contributed by atoms with Crippen LogP contribution in [0.3, 0.4) is 0 Å². The normalized spacial score (nSPS) is 16.2. The molecule has 0 radical (unpaired) electrons. The minimum atomic E-state index is -2.59. The monoisotopic (exact) mass is 489 g/mol. The molecule has 0 aliphatic heterocycles. The quantitative estimate of drug-likeness (QED) is 0.366. The fourth-order valence-corrected chi connectivity index (χ4v) is 3.71. The fraction of sp³-hybridized carbons (Fsp3) is 0.474. The van der Waals surface area contributed by atoms with Crippen LogP contribution in [-0.4, -0.2) is 29.1 Å². The molecular formula is C19H26F2IN5. The molecule has 3 rings (SSSR count). The number of hydrogen-bond donors (Lipinski definition) is 2. The third-order valence-electron chi connectivity index (χ3n) is 5.14. The Hall–Kier alpha value is -1.71. The van der Waals surface area contributed by atoms with Gasteiger partial charge in [-0.15, -0.1) is 24.0 Å². The van der Waals surface area contributed by atoms with Gasteiger partial charge in [0.2, 0.25) is 0 Å². The van der Waals surface area contributed by atoms with Crippen molar-refractivity contribution in [2.75, 3.05) is 13.6 Å². The maximum absolute atomic E-state index is 12.9. The molecule has 0 saturated heterocycles. The van der Waals surface area contributed by atoms with Crippen LogP contribution in [0.5, 0.6) is 0 Å². The summed E-state index contributed by atoms with van der Waals surface area (Å²) in [5.41, 5.74) is 1.44. The number of nitrogens with one attached hydrogen (secondary N) is 2. The fourth-order valence-electron chi connectivity index (χ4n) is 3.71. The van der Waals surface area contributed by atoms with Crippen LogP contribution in [0, 0.1) is 0 Å². The molecule has 0 unspecified atom stereocenters. The van der Waals surface area contributed by atoms with E-state index in [0.29, 0.717) is 5.96 Å². The van der Waals surface area contributed by atoms with E-state index in [1.165, 1.54) is 30.8 Å². The summed E-state index contributed by atoms with van der Waals surface area (Å²) in [5.74, 6) is 0.873. The van der Waals surface area contributed by atoms with E-state index >= 15 is 0 Å². The highest BCUT2D eigenvalue weighted by Gasteiger charge is 2.35. The number of rotatable bonds is 6. The molecule has 0 amide bonds. The molecule has 5 nitrogen and oxygen atoms in total. The van der Waals surface area contributed by atoms with E-state index in [-0.39, 0.29) is 41.8 Å². The number of guanidine groups is 1. The summed E-state index contributed by atoms with van der Waals surface area (Å²) in [6.07, 6.45) is 7.36. The first-order chi connectivity index (χ1) is 12.6. The first-order valence-electron chi connectivity index (χ1n) is 8.94. The zero-order valence-electron chi connectivity index (χ0n) is 15.4. The molecule has 8 heteroatoms. The Labute approximate surface area is 175 Å². The Morgan fingerprint density at radius 3 is 2.56 bits per heavy atom. The maximum Gasteiger partial charge on any atom is 0.319 e. The van der Waals surface area contributed by atoms with Crippen molar-refractivity contribution in [3.63, 3.8) is 0 Å². The molecule has 148 valence electrons. The van der Waals surface area contributed by atoms with Crippen molar-refractivity contribution in [1.29, 1.82) is 0 Å². The van der Waals surface area contributed by atoms with E-state index in [2.05, 4.69) is 44.9 Å². The number of halogens is 3. The third kappa shape index (κ3) is 5.18. The van der Waals surface area contributed by atoms with Crippen LogP contribution in [0.25, 0.3) is 0 Å². The number of nitrogens with zero attached hydrogens (tertiary/aromatic N) is 3. The van der Waals surface area contributed by atoms with Crippen molar-refractivity contribution in [2.45, 2.75) is 44.2 Å². The summed E-state index contributed by atoms with van der Waals surface area (Å²) in [4.78, 5) is 8.20. The van der Waals surface area contributed by atoms with Gasteiger partial charge in [-0.3, -0.25) is 9.56 Å². The van der Waals surface area contributed by atoms with Crippen molar-refractivity contribution in [1.82, 2.24) is 20.2 Å². The van der Waals surface area contributed by atoms with E-state index < -0.39 is 6.55 Å². The van der Waals surface area contributed by atoms with Crippen LogP contribution >= 0.6 is 24.0 Å². The van der Waals surface area contributed by atoms with Gasteiger partial charge in [-0.1, -0.05) is 43.2 Å². The summed E-state index contributed by atoms with van der Waals surface area (Å²) in [6.45, 7) is -1.64. The lowest BCUT2D eigenvalue weighted by Gasteiger charge is -2.30. The molecule has 1 saturated carbocycles. The zero-order valence-corrected chi connectivity index (χ0v) is 17.7. The smallest absolute Gasteiger partial charge is 0.319 e. The molecule has 1 aliphatic rings. The average Bonchev–Trinajstić information content (AvgIpc) is 3.33. The van der Waals surface area contributed by atoms with Gasteiger partial charge in [-0.25, -0.2) is 4.98 Å². The van der Waals surface area contributed by atoms with Gasteiger partial charge >= 0.3 is 6.55 Å². The lowest BCUT2D eigenvalue weighted by atomic mass is 9.79. The van der Waals surface area contributed by atoms with Crippen LogP contribution in [0.15, 0.2) is 47.7 Å².